The predicted molar refractivity (Wildman–Crippen MR) is 84.4 cm³/mol. The number of likely N-dealkylation sites (tertiary alicyclic amines) is 1. The maximum atomic E-state index is 9.85. The van der Waals surface area contributed by atoms with Crippen LogP contribution in [0.2, 0.25) is 0 Å². The zero-order valence-corrected chi connectivity index (χ0v) is 13.5. The van der Waals surface area contributed by atoms with Crippen molar-refractivity contribution in [2.24, 2.45) is 0 Å². The van der Waals surface area contributed by atoms with Crippen LogP contribution >= 0.6 is 11.3 Å². The molecule has 6 nitrogen and oxygen atoms in total. The molecule has 0 aromatic carbocycles. The van der Waals surface area contributed by atoms with Crippen LogP contribution in [0.5, 0.6) is 0 Å². The van der Waals surface area contributed by atoms with E-state index in [1.165, 1.54) is 4.88 Å². The average molecular weight is 319 g/mol. The molecule has 2 aliphatic rings. The second kappa shape index (κ2) is 5.73. The molecule has 2 aromatic heterocycles. The Labute approximate surface area is 134 Å². The summed E-state index contributed by atoms with van der Waals surface area (Å²) < 4.78 is 2.25. The maximum absolute atomic E-state index is 9.85. The predicted octanol–water partition coefficient (Wildman–Crippen LogP) is 1.09. The minimum absolute atomic E-state index is 0.195. The lowest BCUT2D eigenvalue weighted by atomic mass is 10.2. The normalized spacial score (nSPS) is 26.5. The molecular formula is C15H21N5OS. The summed E-state index contributed by atoms with van der Waals surface area (Å²) in [5.41, 5.74) is 0. The number of β-amino-alcohol motifs (C(OH)–C–C–N with tert-alkyl or cyclic N) is 1. The van der Waals surface area contributed by atoms with E-state index >= 15 is 0 Å². The molecule has 0 amide bonds. The summed E-state index contributed by atoms with van der Waals surface area (Å²) in [5.74, 6) is 2.07. The molecule has 1 fully saturated rings. The molecular weight excluding hydrogens is 298 g/mol. The van der Waals surface area contributed by atoms with E-state index < -0.39 is 0 Å². The second-order valence-corrected chi connectivity index (χ2v) is 7.29. The van der Waals surface area contributed by atoms with Crippen LogP contribution in [0, 0.1) is 0 Å². The molecule has 4 rings (SSSR count). The first kappa shape index (κ1) is 14.3. The molecule has 0 radical (unpaired) electrons. The van der Waals surface area contributed by atoms with E-state index in [1.54, 1.807) is 11.3 Å². The van der Waals surface area contributed by atoms with Crippen LogP contribution in [0.1, 0.15) is 29.0 Å². The zero-order chi connectivity index (χ0) is 15.1. The molecule has 2 atom stereocenters. The first-order chi connectivity index (χ1) is 10.7. The van der Waals surface area contributed by atoms with Crippen molar-refractivity contribution in [3.8, 4) is 0 Å². The summed E-state index contributed by atoms with van der Waals surface area (Å²) in [7, 11) is 2.05. The van der Waals surface area contributed by atoms with Crippen LogP contribution in [0.3, 0.4) is 0 Å². The summed E-state index contributed by atoms with van der Waals surface area (Å²) in [4.78, 5) is 6.00. The number of nitrogens with zero attached hydrogens (tertiary/aromatic N) is 5. The van der Waals surface area contributed by atoms with Crippen LogP contribution < -0.4 is 0 Å². The van der Waals surface area contributed by atoms with Gasteiger partial charge in [-0.2, -0.15) is 0 Å². The molecule has 22 heavy (non-hydrogen) atoms. The van der Waals surface area contributed by atoms with Crippen LogP contribution in [-0.2, 0) is 19.6 Å². The molecule has 0 saturated carbocycles. The second-order valence-electron chi connectivity index (χ2n) is 6.26. The topological polar surface area (TPSA) is 57.4 Å². The molecule has 0 bridgehead atoms. The standard InChI is InChI=1S/C15H21N5OS/c1-18-8-11(21)7-13(18)15-17-16-14-10-19(4-5-20(14)15)9-12-3-2-6-22-12/h2-3,6,11,13,21H,4-5,7-10H2,1H3. The quantitative estimate of drug-likeness (QED) is 0.918. The molecule has 0 spiro atoms. The van der Waals surface area contributed by atoms with Gasteiger partial charge in [0.05, 0.1) is 18.7 Å². The third-order valence-electron chi connectivity index (χ3n) is 4.64. The molecule has 1 saturated heterocycles. The molecule has 0 aliphatic carbocycles. The van der Waals surface area contributed by atoms with Crippen molar-refractivity contribution >= 4 is 11.3 Å². The third kappa shape index (κ3) is 2.58. The van der Waals surface area contributed by atoms with Gasteiger partial charge in [-0.05, 0) is 24.9 Å². The Balaban J connectivity index is 1.50. The van der Waals surface area contributed by atoms with Crippen molar-refractivity contribution in [3.63, 3.8) is 0 Å². The Morgan fingerprint density at radius 1 is 1.36 bits per heavy atom. The monoisotopic (exact) mass is 319 g/mol. The van der Waals surface area contributed by atoms with Gasteiger partial charge in [-0.3, -0.25) is 9.80 Å². The van der Waals surface area contributed by atoms with Crippen LogP contribution in [0.15, 0.2) is 17.5 Å². The molecule has 1 N–H and O–H groups in total. The number of aliphatic hydroxyl groups excluding tert-OH is 1. The Bertz CT molecular complexity index is 640. The van der Waals surface area contributed by atoms with Gasteiger partial charge in [0.25, 0.3) is 0 Å². The van der Waals surface area contributed by atoms with Crippen molar-refractivity contribution in [3.05, 3.63) is 34.0 Å². The fourth-order valence-corrected chi connectivity index (χ4v) is 4.26. The Kier molecular flexibility index (Phi) is 3.73. The van der Waals surface area contributed by atoms with Gasteiger partial charge in [0.2, 0.25) is 0 Å². The largest absolute Gasteiger partial charge is 0.392 e. The van der Waals surface area contributed by atoms with E-state index in [-0.39, 0.29) is 12.1 Å². The smallest absolute Gasteiger partial charge is 0.150 e. The number of aliphatic hydroxyl groups is 1. The molecule has 7 heteroatoms. The van der Waals surface area contributed by atoms with Crippen LogP contribution in [-0.4, -0.2) is 55.9 Å². The highest BCUT2D eigenvalue weighted by Gasteiger charge is 2.34. The number of fused-ring (bicyclic) bond motifs is 1. The van der Waals surface area contributed by atoms with E-state index in [9.17, 15) is 5.11 Å². The van der Waals surface area contributed by atoms with Crippen molar-refractivity contribution < 1.29 is 5.11 Å². The van der Waals surface area contributed by atoms with Crippen molar-refractivity contribution in [1.29, 1.82) is 0 Å². The van der Waals surface area contributed by atoms with Gasteiger partial charge in [-0.25, -0.2) is 0 Å². The van der Waals surface area contributed by atoms with Gasteiger partial charge < -0.3 is 9.67 Å². The Morgan fingerprint density at radius 3 is 3.00 bits per heavy atom. The number of rotatable bonds is 3. The summed E-state index contributed by atoms with van der Waals surface area (Å²) in [6.45, 7) is 4.52. The molecule has 2 aliphatic heterocycles. The highest BCUT2D eigenvalue weighted by molar-refractivity contribution is 7.09. The fourth-order valence-electron chi connectivity index (χ4n) is 3.51. The van der Waals surface area contributed by atoms with Crippen molar-refractivity contribution in [2.75, 3.05) is 20.1 Å². The number of aromatic nitrogens is 3. The van der Waals surface area contributed by atoms with E-state index in [0.717, 1.165) is 50.8 Å². The molecule has 2 unspecified atom stereocenters. The van der Waals surface area contributed by atoms with Crippen molar-refractivity contribution in [2.45, 2.75) is 38.2 Å². The SMILES string of the molecule is CN1CC(O)CC1c1nnc2n1CCN(Cc1cccs1)C2. The first-order valence-electron chi connectivity index (χ1n) is 7.75. The molecule has 4 heterocycles. The number of thiophene rings is 1. The minimum atomic E-state index is -0.248. The van der Waals surface area contributed by atoms with Gasteiger partial charge in [-0.15, -0.1) is 21.5 Å². The third-order valence-corrected chi connectivity index (χ3v) is 5.51. The van der Waals surface area contributed by atoms with E-state index in [2.05, 4.69) is 49.1 Å². The average Bonchev–Trinajstić information content (AvgIpc) is 3.19. The van der Waals surface area contributed by atoms with Gasteiger partial charge in [0, 0.05) is 31.1 Å². The zero-order valence-electron chi connectivity index (χ0n) is 12.7. The van der Waals surface area contributed by atoms with Gasteiger partial charge >= 0.3 is 0 Å². The lowest BCUT2D eigenvalue weighted by Crippen LogP contribution is -2.34. The summed E-state index contributed by atoms with van der Waals surface area (Å²) in [6, 6.07) is 4.48. The summed E-state index contributed by atoms with van der Waals surface area (Å²) in [5, 5.41) is 20.8. The molecule has 2 aromatic rings. The van der Waals surface area contributed by atoms with E-state index in [0.29, 0.717) is 0 Å². The van der Waals surface area contributed by atoms with Gasteiger partial charge in [-0.1, -0.05) is 6.07 Å². The van der Waals surface area contributed by atoms with Gasteiger partial charge in [0.1, 0.15) is 5.82 Å². The van der Waals surface area contributed by atoms with E-state index in [1.807, 2.05) is 0 Å². The van der Waals surface area contributed by atoms with Crippen LogP contribution in [0.25, 0.3) is 0 Å². The Morgan fingerprint density at radius 2 is 2.27 bits per heavy atom. The minimum Gasteiger partial charge on any atom is -0.392 e. The highest BCUT2D eigenvalue weighted by Crippen LogP contribution is 2.31. The lowest BCUT2D eigenvalue weighted by molar-refractivity contribution is 0.182. The van der Waals surface area contributed by atoms with Gasteiger partial charge in [0.15, 0.2) is 5.82 Å². The summed E-state index contributed by atoms with van der Waals surface area (Å²) in [6.07, 6.45) is 0.509. The van der Waals surface area contributed by atoms with Crippen LogP contribution in [0.4, 0.5) is 0 Å². The maximum Gasteiger partial charge on any atom is 0.150 e. The number of likely N-dealkylation sites (N-methyl/N-ethyl adjacent to an activating group) is 1. The van der Waals surface area contributed by atoms with E-state index in [4.69, 9.17) is 0 Å². The Hall–Kier alpha value is -1.28. The first-order valence-corrected chi connectivity index (χ1v) is 8.63. The highest BCUT2D eigenvalue weighted by atomic mass is 32.1. The van der Waals surface area contributed by atoms with Crippen molar-refractivity contribution in [1.82, 2.24) is 24.6 Å². The lowest BCUT2D eigenvalue weighted by Gasteiger charge is -2.28. The number of hydrogen-bond acceptors (Lipinski definition) is 6. The fraction of sp³-hybridized carbons (Fsp3) is 0.600. The number of hydrogen-bond donors (Lipinski definition) is 1. The molecule has 118 valence electrons. The summed E-state index contributed by atoms with van der Waals surface area (Å²) >= 11 is 1.81.